The monoisotopic (exact) mass is 604 g/mol. The molecule has 0 amide bonds. The van der Waals surface area contributed by atoms with Crippen molar-refractivity contribution in [2.75, 3.05) is 28.4 Å². The lowest BCUT2D eigenvalue weighted by molar-refractivity contribution is 0.338. The number of rotatable bonds is 10. The van der Waals surface area contributed by atoms with Gasteiger partial charge < -0.3 is 49.6 Å². The average molecular weight is 605 g/mol. The fourth-order valence-corrected chi connectivity index (χ4v) is 5.22. The van der Waals surface area contributed by atoms with Crippen LogP contribution in [0.25, 0.3) is 12.2 Å². The molecule has 0 fully saturated rings. The Hall–Kier alpha value is -5.38. The topological polar surface area (TPSA) is 158 Å². The number of hydrogen-bond acceptors (Lipinski definition) is 10. The molecular formula is C34H36O10. The highest BCUT2D eigenvalue weighted by atomic mass is 16.5. The quantitative estimate of drug-likeness (QED) is 0.0880. The predicted molar refractivity (Wildman–Crippen MR) is 166 cm³/mol. The van der Waals surface area contributed by atoms with Gasteiger partial charge in [-0.3, -0.25) is 0 Å². The van der Waals surface area contributed by atoms with Gasteiger partial charge >= 0.3 is 0 Å². The zero-order chi connectivity index (χ0) is 32.3. The summed E-state index contributed by atoms with van der Waals surface area (Å²) in [6, 6.07) is 12.3. The Kier molecular flexibility index (Phi) is 9.23. The first-order chi connectivity index (χ1) is 20.9. The van der Waals surface area contributed by atoms with Crippen LogP contribution in [-0.4, -0.2) is 59.1 Å². The molecule has 0 aliphatic rings. The van der Waals surface area contributed by atoms with Crippen molar-refractivity contribution in [3.05, 3.63) is 81.9 Å². The Bertz CT molecular complexity index is 1660. The molecule has 4 aromatic rings. The second-order valence-electron chi connectivity index (χ2n) is 10.2. The van der Waals surface area contributed by atoms with Crippen molar-refractivity contribution in [3.8, 4) is 57.5 Å². The van der Waals surface area contributed by atoms with Gasteiger partial charge in [0.2, 0.25) is 11.5 Å². The molecule has 4 aromatic carbocycles. The van der Waals surface area contributed by atoms with E-state index >= 15 is 0 Å². The lowest BCUT2D eigenvalue weighted by Gasteiger charge is -2.24. The molecule has 10 nitrogen and oxygen atoms in total. The summed E-state index contributed by atoms with van der Waals surface area (Å²) in [4.78, 5) is 0. The number of phenols is 6. The third-order valence-corrected chi connectivity index (χ3v) is 7.71. The Morgan fingerprint density at radius 1 is 0.500 bits per heavy atom. The van der Waals surface area contributed by atoms with Crippen molar-refractivity contribution < 1.29 is 49.6 Å². The molecule has 2 unspecified atom stereocenters. The highest BCUT2D eigenvalue weighted by Gasteiger charge is 2.28. The van der Waals surface area contributed by atoms with E-state index in [0.29, 0.717) is 27.8 Å². The molecule has 0 heterocycles. The van der Waals surface area contributed by atoms with Crippen molar-refractivity contribution >= 4 is 12.2 Å². The number of phenolic OH excluding ortho intramolecular Hbond substituents is 6. The highest BCUT2D eigenvalue weighted by molar-refractivity contribution is 5.77. The molecule has 10 heteroatoms. The standard InChI is InChI=1S/C34H36O10/c1-17(21-13-26(41-3)32(38)27(14-21)42-4)30-20(9-7-19-8-10-23(35)24(36)11-19)12-25(37)31(34(30)40)18(2)22-15-28(43-5)33(39)29(16-22)44-6/h7-18,35-40H,1-6H3. The van der Waals surface area contributed by atoms with Crippen LogP contribution in [-0.2, 0) is 0 Å². The van der Waals surface area contributed by atoms with E-state index < -0.39 is 11.8 Å². The van der Waals surface area contributed by atoms with E-state index in [1.165, 1.54) is 46.6 Å². The van der Waals surface area contributed by atoms with Crippen LogP contribution < -0.4 is 18.9 Å². The van der Waals surface area contributed by atoms with Crippen LogP contribution in [0.3, 0.4) is 0 Å². The first-order valence-corrected chi connectivity index (χ1v) is 13.6. The average Bonchev–Trinajstić information content (AvgIpc) is 3.01. The van der Waals surface area contributed by atoms with Gasteiger partial charge in [-0.05, 0) is 64.7 Å². The fourth-order valence-electron chi connectivity index (χ4n) is 5.22. The molecule has 0 aliphatic heterocycles. The maximum absolute atomic E-state index is 11.9. The maximum Gasteiger partial charge on any atom is 0.200 e. The van der Waals surface area contributed by atoms with E-state index in [9.17, 15) is 30.6 Å². The minimum Gasteiger partial charge on any atom is -0.507 e. The van der Waals surface area contributed by atoms with Gasteiger partial charge in [0.15, 0.2) is 34.5 Å². The van der Waals surface area contributed by atoms with Crippen molar-refractivity contribution in [3.63, 3.8) is 0 Å². The van der Waals surface area contributed by atoms with Gasteiger partial charge in [0, 0.05) is 23.0 Å². The van der Waals surface area contributed by atoms with Crippen LogP contribution >= 0.6 is 0 Å². The molecule has 0 saturated heterocycles. The van der Waals surface area contributed by atoms with Crippen LogP contribution in [0.15, 0.2) is 48.5 Å². The van der Waals surface area contributed by atoms with E-state index in [2.05, 4.69) is 0 Å². The first-order valence-electron chi connectivity index (χ1n) is 13.6. The third kappa shape index (κ3) is 5.92. The number of methoxy groups -OCH3 is 4. The molecule has 2 atom stereocenters. The summed E-state index contributed by atoms with van der Waals surface area (Å²) in [6.45, 7) is 3.64. The zero-order valence-corrected chi connectivity index (χ0v) is 25.2. The molecule has 0 aliphatic carbocycles. The van der Waals surface area contributed by atoms with Crippen molar-refractivity contribution in [2.45, 2.75) is 25.7 Å². The van der Waals surface area contributed by atoms with Crippen LogP contribution in [0.2, 0.25) is 0 Å². The second kappa shape index (κ2) is 12.9. The van der Waals surface area contributed by atoms with Gasteiger partial charge in [0.05, 0.1) is 28.4 Å². The number of aromatic hydroxyl groups is 6. The van der Waals surface area contributed by atoms with E-state index in [4.69, 9.17) is 18.9 Å². The molecule has 6 N–H and O–H groups in total. The molecule has 0 aromatic heterocycles. The molecule has 0 radical (unpaired) electrons. The maximum atomic E-state index is 11.9. The lowest BCUT2D eigenvalue weighted by Crippen LogP contribution is -2.06. The van der Waals surface area contributed by atoms with Gasteiger partial charge in [-0.2, -0.15) is 0 Å². The van der Waals surface area contributed by atoms with E-state index in [1.54, 1.807) is 49.4 Å². The van der Waals surface area contributed by atoms with Gasteiger partial charge in [0.25, 0.3) is 0 Å². The number of hydrogen-bond donors (Lipinski definition) is 6. The summed E-state index contributed by atoms with van der Waals surface area (Å²) >= 11 is 0. The van der Waals surface area contributed by atoms with E-state index in [0.717, 1.165) is 0 Å². The summed E-state index contributed by atoms with van der Waals surface area (Å²) in [5, 5.41) is 63.8. The van der Waals surface area contributed by atoms with Gasteiger partial charge in [-0.1, -0.05) is 32.1 Å². The summed E-state index contributed by atoms with van der Waals surface area (Å²) in [5.41, 5.74) is 2.92. The Morgan fingerprint density at radius 2 is 0.955 bits per heavy atom. The summed E-state index contributed by atoms with van der Waals surface area (Å²) in [7, 11) is 5.66. The van der Waals surface area contributed by atoms with Crippen LogP contribution in [0.4, 0.5) is 0 Å². The van der Waals surface area contributed by atoms with Crippen LogP contribution in [0.5, 0.6) is 57.5 Å². The molecular weight excluding hydrogens is 568 g/mol. The minimum absolute atomic E-state index is 0.166. The number of benzene rings is 4. The smallest absolute Gasteiger partial charge is 0.200 e. The molecule has 44 heavy (non-hydrogen) atoms. The van der Waals surface area contributed by atoms with Gasteiger partial charge in [-0.15, -0.1) is 0 Å². The SMILES string of the molecule is COc1cc(C(C)c2c(O)cc(C=Cc3ccc(O)c(O)c3)c(C(C)c3cc(OC)c(O)c(OC)c3)c2O)cc(OC)c1O. The van der Waals surface area contributed by atoms with E-state index in [-0.39, 0.29) is 63.1 Å². The van der Waals surface area contributed by atoms with Crippen LogP contribution in [0.1, 0.15) is 59.1 Å². The Balaban J connectivity index is 1.95. The fraction of sp³-hybridized carbons (Fsp3) is 0.235. The molecule has 0 saturated carbocycles. The van der Waals surface area contributed by atoms with Crippen molar-refractivity contribution in [1.82, 2.24) is 0 Å². The molecule has 232 valence electrons. The largest absolute Gasteiger partial charge is 0.507 e. The summed E-state index contributed by atoms with van der Waals surface area (Å²) in [6.07, 6.45) is 3.34. The van der Waals surface area contributed by atoms with Crippen molar-refractivity contribution in [2.24, 2.45) is 0 Å². The predicted octanol–water partition coefficient (Wildman–Crippen LogP) is 6.43. The third-order valence-electron chi connectivity index (χ3n) is 7.71. The lowest BCUT2D eigenvalue weighted by atomic mass is 9.82. The summed E-state index contributed by atoms with van der Waals surface area (Å²) < 4.78 is 21.3. The van der Waals surface area contributed by atoms with Gasteiger partial charge in [0.1, 0.15) is 11.5 Å². The normalized spacial score (nSPS) is 12.6. The second-order valence-corrected chi connectivity index (χ2v) is 10.2. The summed E-state index contributed by atoms with van der Waals surface area (Å²) in [5.74, 6) is -1.71. The first kappa shape index (κ1) is 31.6. The van der Waals surface area contributed by atoms with Crippen molar-refractivity contribution in [1.29, 1.82) is 0 Å². The molecule has 0 spiro atoms. The minimum atomic E-state index is -0.597. The highest BCUT2D eigenvalue weighted by Crippen LogP contribution is 2.49. The zero-order valence-electron chi connectivity index (χ0n) is 25.2. The Labute approximate surface area is 255 Å². The van der Waals surface area contributed by atoms with E-state index in [1.807, 2.05) is 6.92 Å². The molecule has 4 rings (SSSR count). The Morgan fingerprint density at radius 3 is 1.39 bits per heavy atom. The van der Waals surface area contributed by atoms with Gasteiger partial charge in [-0.25, -0.2) is 0 Å². The molecule has 0 bridgehead atoms. The van der Waals surface area contributed by atoms with Crippen LogP contribution in [0, 0.1) is 0 Å². The number of ether oxygens (including phenoxy) is 4.